The number of amides is 1. The highest BCUT2D eigenvalue weighted by Gasteiger charge is 2.04. The molecule has 0 atom stereocenters. The van der Waals surface area contributed by atoms with Gasteiger partial charge in [-0.1, -0.05) is 0 Å². The Morgan fingerprint density at radius 3 is 3.10 bits per heavy atom. The number of nitrogens with zero attached hydrogens (tertiary/aromatic N) is 2. The van der Waals surface area contributed by atoms with Crippen LogP contribution in [0.2, 0.25) is 0 Å². The highest BCUT2D eigenvalue weighted by molar-refractivity contribution is 6.10. The summed E-state index contributed by atoms with van der Waals surface area (Å²) < 4.78 is 0. The molecule has 1 amide bonds. The minimum Gasteiger partial charge on any atom is -0.266 e. The van der Waals surface area contributed by atoms with Gasteiger partial charge in [0, 0.05) is 13.3 Å². The monoisotopic (exact) mass is 134 g/mol. The third-order valence-electron chi connectivity index (χ3n) is 1.00. The topological polar surface area (TPSA) is 41.8 Å². The number of carbonyl (C=O) groups is 1. The van der Waals surface area contributed by atoms with E-state index in [0.717, 1.165) is 0 Å². The summed E-state index contributed by atoms with van der Waals surface area (Å²) in [7, 11) is 1.56. The minimum absolute atomic E-state index is 0.284. The van der Waals surface area contributed by atoms with Gasteiger partial charge >= 0.3 is 0 Å². The Balaban J connectivity index is 3.02. The first-order chi connectivity index (χ1) is 4.84. The van der Waals surface area contributed by atoms with E-state index in [1.54, 1.807) is 19.2 Å². The van der Waals surface area contributed by atoms with Crippen molar-refractivity contribution in [1.29, 1.82) is 0 Å². The van der Waals surface area contributed by atoms with Crippen molar-refractivity contribution in [1.82, 2.24) is 0 Å². The zero-order valence-corrected chi connectivity index (χ0v) is 5.53. The van der Waals surface area contributed by atoms with Crippen LogP contribution in [0.4, 0.5) is 0 Å². The third-order valence-corrected chi connectivity index (χ3v) is 1.00. The van der Waals surface area contributed by atoms with Crippen LogP contribution in [0.3, 0.4) is 0 Å². The van der Waals surface area contributed by atoms with Gasteiger partial charge in [0.1, 0.15) is 5.57 Å². The number of carbonyl (C=O) groups excluding carboxylic acids is 1. The molecule has 50 valence electrons. The average molecular weight is 134 g/mol. The van der Waals surface area contributed by atoms with Crippen LogP contribution >= 0.6 is 0 Å². The molecule has 0 radical (unpaired) electrons. The van der Waals surface area contributed by atoms with Gasteiger partial charge in [-0.3, -0.25) is 4.79 Å². The molecular weight excluding hydrogens is 128 g/mol. The summed E-state index contributed by atoms with van der Waals surface area (Å²) in [6.45, 7) is 0. The van der Waals surface area contributed by atoms with Gasteiger partial charge in [0.15, 0.2) is 0 Å². The van der Waals surface area contributed by atoms with Crippen LogP contribution in [0.1, 0.15) is 0 Å². The number of rotatable bonds is 0. The van der Waals surface area contributed by atoms with Crippen molar-refractivity contribution in [2.24, 2.45) is 9.98 Å². The fourth-order valence-corrected chi connectivity index (χ4v) is 0.596. The van der Waals surface area contributed by atoms with E-state index in [-0.39, 0.29) is 5.91 Å². The highest BCUT2D eigenvalue weighted by Crippen LogP contribution is 1.98. The maximum atomic E-state index is 10.8. The Morgan fingerprint density at radius 1 is 1.70 bits per heavy atom. The lowest BCUT2D eigenvalue weighted by Crippen LogP contribution is -2.00. The van der Waals surface area contributed by atoms with Crippen molar-refractivity contribution in [3.05, 3.63) is 17.7 Å². The minimum atomic E-state index is -0.284. The Bertz CT molecular complexity index is 267. The molecule has 3 nitrogen and oxygen atoms in total. The molecule has 0 aromatic carbocycles. The Labute approximate surface area is 58.5 Å². The summed E-state index contributed by atoms with van der Waals surface area (Å²) in [5.41, 5.74) is 0.407. The predicted octanol–water partition coefficient (Wildman–Crippen LogP) is 0.380. The van der Waals surface area contributed by atoms with E-state index >= 15 is 0 Å². The largest absolute Gasteiger partial charge is 0.286 e. The number of hydrogen-bond donors (Lipinski definition) is 0. The molecule has 0 unspecified atom stereocenters. The molecule has 1 aliphatic rings. The summed E-state index contributed by atoms with van der Waals surface area (Å²) in [6.07, 6.45) is 4.75. The van der Waals surface area contributed by atoms with Crippen LogP contribution in [0.25, 0.3) is 0 Å². The fourth-order valence-electron chi connectivity index (χ4n) is 0.596. The first-order valence-electron chi connectivity index (χ1n) is 2.81. The zero-order valence-electron chi connectivity index (χ0n) is 5.53. The quantitative estimate of drug-likeness (QED) is 0.349. The molecule has 1 rings (SSSR count). The number of dihydropyridines is 1. The summed E-state index contributed by atoms with van der Waals surface area (Å²) in [5, 5.41) is 0. The highest BCUT2D eigenvalue weighted by atomic mass is 16.1. The lowest BCUT2D eigenvalue weighted by atomic mass is 10.2. The molecular formula is C7H6N2O. The molecule has 0 aromatic rings. The van der Waals surface area contributed by atoms with Crippen molar-refractivity contribution in [2.75, 3.05) is 7.05 Å². The van der Waals surface area contributed by atoms with E-state index in [9.17, 15) is 4.79 Å². The van der Waals surface area contributed by atoms with Gasteiger partial charge in [-0.2, -0.15) is 0 Å². The maximum absolute atomic E-state index is 10.8. The lowest BCUT2D eigenvalue weighted by molar-refractivity contribution is -0.113. The molecule has 0 spiro atoms. The predicted molar refractivity (Wildman–Crippen MR) is 39.5 cm³/mol. The molecule has 0 aromatic heterocycles. The smallest absolute Gasteiger partial charge is 0.266 e. The molecule has 0 fully saturated rings. The third kappa shape index (κ3) is 1.27. The molecule has 0 saturated carbocycles. The summed E-state index contributed by atoms with van der Waals surface area (Å²) in [5.74, 6) is 2.24. The van der Waals surface area contributed by atoms with E-state index in [0.29, 0.717) is 5.57 Å². The first kappa shape index (κ1) is 6.65. The molecule has 1 heterocycles. The SMILES string of the molecule is CN=C=C1C=CC=NC1=O. The maximum Gasteiger partial charge on any atom is 0.286 e. The van der Waals surface area contributed by atoms with Crippen molar-refractivity contribution in [3.8, 4) is 0 Å². The van der Waals surface area contributed by atoms with Crippen LogP contribution in [0, 0.1) is 0 Å². The number of allylic oxidation sites excluding steroid dienone is 1. The molecule has 1 aliphatic heterocycles. The second kappa shape index (κ2) is 2.90. The number of aliphatic imine (C=N–C) groups is 2. The van der Waals surface area contributed by atoms with Gasteiger partial charge in [0.25, 0.3) is 5.91 Å². The molecule has 3 heteroatoms. The second-order valence-corrected chi connectivity index (χ2v) is 1.69. The zero-order chi connectivity index (χ0) is 7.40. The van der Waals surface area contributed by atoms with Crippen LogP contribution in [-0.4, -0.2) is 25.0 Å². The second-order valence-electron chi connectivity index (χ2n) is 1.69. The van der Waals surface area contributed by atoms with E-state index in [1.165, 1.54) is 6.21 Å². The van der Waals surface area contributed by atoms with Gasteiger partial charge in [-0.05, 0) is 18.0 Å². The summed E-state index contributed by atoms with van der Waals surface area (Å²) >= 11 is 0. The van der Waals surface area contributed by atoms with Crippen LogP contribution < -0.4 is 0 Å². The van der Waals surface area contributed by atoms with Crippen LogP contribution in [0.15, 0.2) is 27.7 Å². The van der Waals surface area contributed by atoms with Gasteiger partial charge in [0.05, 0.1) is 0 Å². The summed E-state index contributed by atoms with van der Waals surface area (Å²) in [4.78, 5) is 17.9. The van der Waals surface area contributed by atoms with Crippen molar-refractivity contribution >= 4 is 18.0 Å². The van der Waals surface area contributed by atoms with Gasteiger partial charge in [-0.25, -0.2) is 9.98 Å². The number of hydrogen-bond acceptors (Lipinski definition) is 2. The van der Waals surface area contributed by atoms with Crippen LogP contribution in [-0.2, 0) is 4.79 Å². The van der Waals surface area contributed by atoms with Gasteiger partial charge in [-0.15, -0.1) is 0 Å². The Kier molecular flexibility index (Phi) is 1.92. The molecule has 0 aliphatic carbocycles. The molecule has 0 saturated heterocycles. The van der Waals surface area contributed by atoms with Gasteiger partial charge in [0.2, 0.25) is 0 Å². The Morgan fingerprint density at radius 2 is 2.50 bits per heavy atom. The van der Waals surface area contributed by atoms with E-state index in [4.69, 9.17) is 0 Å². The van der Waals surface area contributed by atoms with E-state index in [2.05, 4.69) is 15.9 Å². The van der Waals surface area contributed by atoms with Crippen molar-refractivity contribution in [2.45, 2.75) is 0 Å². The molecule has 0 N–H and O–H groups in total. The molecule has 10 heavy (non-hydrogen) atoms. The van der Waals surface area contributed by atoms with Gasteiger partial charge < -0.3 is 0 Å². The lowest BCUT2D eigenvalue weighted by Gasteiger charge is -1.92. The first-order valence-corrected chi connectivity index (χ1v) is 2.81. The van der Waals surface area contributed by atoms with E-state index in [1.807, 2.05) is 0 Å². The van der Waals surface area contributed by atoms with Crippen molar-refractivity contribution in [3.63, 3.8) is 0 Å². The average Bonchev–Trinajstić information content (AvgIpc) is 1.94. The molecule has 0 bridgehead atoms. The van der Waals surface area contributed by atoms with Crippen molar-refractivity contribution < 1.29 is 4.79 Å². The normalized spacial score (nSPS) is 15.3. The van der Waals surface area contributed by atoms with E-state index < -0.39 is 0 Å². The Hall–Kier alpha value is -1.47. The standard InChI is InChI=1S/C7H6N2O/c1-8-5-6-3-2-4-9-7(6)10/h2-4H,1H3. The fraction of sp³-hybridized carbons (Fsp3) is 0.143. The van der Waals surface area contributed by atoms with Crippen LogP contribution in [0.5, 0.6) is 0 Å². The summed E-state index contributed by atoms with van der Waals surface area (Å²) in [6, 6.07) is 0.